The van der Waals surface area contributed by atoms with Gasteiger partial charge in [0.1, 0.15) is 6.20 Å². The number of aromatic nitrogens is 1. The Balaban J connectivity index is 2.09. The van der Waals surface area contributed by atoms with Crippen LogP contribution in [-0.2, 0) is 4.79 Å². The number of nitro groups is 1. The van der Waals surface area contributed by atoms with Gasteiger partial charge in [-0.05, 0) is 41.1 Å². The Morgan fingerprint density at radius 1 is 1.36 bits per heavy atom. The number of halogens is 1. The Bertz CT molecular complexity index is 708. The van der Waals surface area contributed by atoms with Crippen LogP contribution in [0.25, 0.3) is 0 Å². The minimum Gasteiger partial charge on any atom is -0.473 e. The van der Waals surface area contributed by atoms with E-state index in [1.165, 1.54) is 25.3 Å². The van der Waals surface area contributed by atoms with Crippen molar-refractivity contribution in [2.75, 3.05) is 5.32 Å². The van der Waals surface area contributed by atoms with Crippen molar-refractivity contribution in [2.45, 2.75) is 13.0 Å². The second-order valence-electron chi connectivity index (χ2n) is 4.31. The normalized spacial score (nSPS) is 11.5. The number of ether oxygens (including phenoxy) is 1. The summed E-state index contributed by atoms with van der Waals surface area (Å²) in [4.78, 5) is 25.9. The molecule has 0 spiro atoms. The lowest BCUT2D eigenvalue weighted by Gasteiger charge is -2.14. The maximum Gasteiger partial charge on any atom is 0.406 e. The lowest BCUT2D eigenvalue weighted by molar-refractivity contribution is -0.390. The molecule has 0 aliphatic rings. The average Bonchev–Trinajstić information content (AvgIpc) is 2.49. The first kappa shape index (κ1) is 15.7. The van der Waals surface area contributed by atoms with Gasteiger partial charge < -0.3 is 20.2 Å². The van der Waals surface area contributed by atoms with Gasteiger partial charge in [-0.2, -0.15) is 0 Å². The number of para-hydroxylation sites is 1. The molecular formula is C14H12ClN3O4. The fourth-order valence-corrected chi connectivity index (χ4v) is 1.84. The highest BCUT2D eigenvalue weighted by atomic mass is 35.5. The van der Waals surface area contributed by atoms with Crippen LogP contribution in [0.15, 0.2) is 42.6 Å². The SMILES string of the molecule is CC(Oc1cccnc1[N+](=O)[O-])C(=O)Nc1ccccc1Cl. The van der Waals surface area contributed by atoms with Crippen LogP contribution in [-0.4, -0.2) is 21.9 Å². The number of hydrogen-bond acceptors (Lipinski definition) is 5. The maximum atomic E-state index is 12.1. The van der Waals surface area contributed by atoms with Crippen LogP contribution >= 0.6 is 11.6 Å². The molecule has 0 aliphatic carbocycles. The molecule has 0 fully saturated rings. The van der Waals surface area contributed by atoms with Gasteiger partial charge in [0.2, 0.25) is 5.75 Å². The number of benzene rings is 1. The highest BCUT2D eigenvalue weighted by Gasteiger charge is 2.22. The van der Waals surface area contributed by atoms with Crippen LogP contribution in [0.2, 0.25) is 5.02 Å². The molecule has 1 aromatic carbocycles. The van der Waals surface area contributed by atoms with E-state index in [0.717, 1.165) is 0 Å². The van der Waals surface area contributed by atoms with Gasteiger partial charge in [-0.3, -0.25) is 4.79 Å². The zero-order valence-electron chi connectivity index (χ0n) is 11.5. The fourth-order valence-electron chi connectivity index (χ4n) is 1.65. The van der Waals surface area contributed by atoms with Crippen LogP contribution in [0.5, 0.6) is 5.75 Å². The molecule has 0 saturated carbocycles. The molecule has 1 heterocycles. The Labute approximate surface area is 131 Å². The van der Waals surface area contributed by atoms with Crippen molar-refractivity contribution >= 4 is 29.0 Å². The first-order valence-corrected chi connectivity index (χ1v) is 6.68. The van der Waals surface area contributed by atoms with E-state index in [9.17, 15) is 14.9 Å². The van der Waals surface area contributed by atoms with E-state index in [4.69, 9.17) is 16.3 Å². The monoisotopic (exact) mass is 321 g/mol. The van der Waals surface area contributed by atoms with Crippen LogP contribution in [0.4, 0.5) is 11.5 Å². The number of carbonyl (C=O) groups excluding carboxylic acids is 1. The van der Waals surface area contributed by atoms with Crippen molar-refractivity contribution in [1.29, 1.82) is 0 Å². The topological polar surface area (TPSA) is 94.4 Å². The molecule has 1 N–H and O–H groups in total. The highest BCUT2D eigenvalue weighted by molar-refractivity contribution is 6.33. The molecule has 0 radical (unpaired) electrons. The molecule has 7 nitrogen and oxygen atoms in total. The number of rotatable bonds is 5. The maximum absolute atomic E-state index is 12.1. The van der Waals surface area contributed by atoms with E-state index >= 15 is 0 Å². The van der Waals surface area contributed by atoms with Crippen molar-refractivity contribution < 1.29 is 14.5 Å². The molecule has 1 atom stereocenters. The van der Waals surface area contributed by atoms with Crippen LogP contribution in [0, 0.1) is 10.1 Å². The smallest absolute Gasteiger partial charge is 0.406 e. The Morgan fingerprint density at radius 3 is 2.77 bits per heavy atom. The summed E-state index contributed by atoms with van der Waals surface area (Å²) in [7, 11) is 0. The second-order valence-corrected chi connectivity index (χ2v) is 4.72. The fraction of sp³-hybridized carbons (Fsp3) is 0.143. The molecule has 114 valence electrons. The first-order valence-electron chi connectivity index (χ1n) is 6.30. The van der Waals surface area contributed by atoms with Crippen LogP contribution in [0.3, 0.4) is 0 Å². The van der Waals surface area contributed by atoms with Crippen molar-refractivity contribution in [1.82, 2.24) is 4.98 Å². The lowest BCUT2D eigenvalue weighted by Crippen LogP contribution is -2.30. The molecule has 0 saturated heterocycles. The summed E-state index contributed by atoms with van der Waals surface area (Å²) < 4.78 is 5.32. The first-order chi connectivity index (χ1) is 10.5. The quantitative estimate of drug-likeness (QED) is 0.674. The number of hydrogen-bond donors (Lipinski definition) is 1. The van der Waals surface area contributed by atoms with E-state index in [1.807, 2.05) is 0 Å². The number of nitrogens with zero attached hydrogens (tertiary/aromatic N) is 2. The molecule has 2 aromatic rings. The Hall–Kier alpha value is -2.67. The van der Waals surface area contributed by atoms with Gasteiger partial charge in [-0.25, -0.2) is 0 Å². The van der Waals surface area contributed by atoms with Gasteiger partial charge in [-0.15, -0.1) is 0 Å². The van der Waals surface area contributed by atoms with Gasteiger partial charge in [0.25, 0.3) is 5.91 Å². The number of amides is 1. The predicted octanol–water partition coefficient (Wildman–Crippen LogP) is 3.05. The van der Waals surface area contributed by atoms with Crippen molar-refractivity contribution in [2.24, 2.45) is 0 Å². The van der Waals surface area contributed by atoms with Crippen LogP contribution < -0.4 is 10.1 Å². The van der Waals surface area contributed by atoms with E-state index in [-0.39, 0.29) is 5.75 Å². The van der Waals surface area contributed by atoms with Gasteiger partial charge >= 0.3 is 5.82 Å². The Morgan fingerprint density at radius 2 is 2.09 bits per heavy atom. The van der Waals surface area contributed by atoms with E-state index in [2.05, 4.69) is 10.3 Å². The third kappa shape index (κ3) is 3.70. The molecule has 0 bridgehead atoms. The summed E-state index contributed by atoms with van der Waals surface area (Å²) in [6, 6.07) is 9.59. The second kappa shape index (κ2) is 6.86. The molecule has 1 unspecified atom stereocenters. The summed E-state index contributed by atoms with van der Waals surface area (Å²) >= 11 is 5.95. The minimum absolute atomic E-state index is 0.0747. The summed E-state index contributed by atoms with van der Waals surface area (Å²) in [5.74, 6) is -1.000. The molecule has 1 amide bonds. The van der Waals surface area contributed by atoms with Crippen molar-refractivity contribution in [3.63, 3.8) is 0 Å². The number of anilines is 1. The van der Waals surface area contributed by atoms with Gasteiger partial charge in [0.15, 0.2) is 6.10 Å². The molecular weight excluding hydrogens is 310 g/mol. The molecule has 22 heavy (non-hydrogen) atoms. The van der Waals surface area contributed by atoms with Crippen molar-refractivity contribution in [3.8, 4) is 5.75 Å². The highest BCUT2D eigenvalue weighted by Crippen LogP contribution is 2.25. The third-order valence-corrected chi connectivity index (χ3v) is 3.06. The van der Waals surface area contributed by atoms with E-state index in [0.29, 0.717) is 10.7 Å². The Kier molecular flexibility index (Phi) is 4.90. The lowest BCUT2D eigenvalue weighted by atomic mass is 10.3. The van der Waals surface area contributed by atoms with Crippen molar-refractivity contribution in [3.05, 3.63) is 57.7 Å². The average molecular weight is 322 g/mol. The zero-order chi connectivity index (χ0) is 16.1. The standard InChI is InChI=1S/C14H12ClN3O4/c1-9(14(19)17-11-6-3-2-5-10(11)15)22-12-7-4-8-16-13(12)18(20)21/h2-9H,1H3,(H,17,19). The molecule has 0 aliphatic heterocycles. The van der Waals surface area contributed by atoms with Gasteiger partial charge in [0, 0.05) is 0 Å². The number of carbonyl (C=O) groups is 1. The third-order valence-electron chi connectivity index (χ3n) is 2.73. The number of nitrogens with one attached hydrogen (secondary N) is 1. The summed E-state index contributed by atoms with van der Waals surface area (Å²) in [6.45, 7) is 1.48. The largest absolute Gasteiger partial charge is 0.473 e. The van der Waals surface area contributed by atoms with E-state index < -0.39 is 22.8 Å². The molecule has 8 heteroatoms. The number of pyridine rings is 1. The van der Waals surface area contributed by atoms with E-state index in [1.54, 1.807) is 24.3 Å². The minimum atomic E-state index is -0.959. The predicted molar refractivity (Wildman–Crippen MR) is 81.1 cm³/mol. The molecule has 1 aromatic heterocycles. The summed E-state index contributed by atoms with van der Waals surface area (Å²) in [5.41, 5.74) is 0.435. The van der Waals surface area contributed by atoms with Gasteiger partial charge in [0.05, 0.1) is 10.7 Å². The summed E-state index contributed by atoms with van der Waals surface area (Å²) in [6.07, 6.45) is 0.318. The molecule has 2 rings (SSSR count). The van der Waals surface area contributed by atoms with Gasteiger partial charge in [-0.1, -0.05) is 23.7 Å². The van der Waals surface area contributed by atoms with Crippen LogP contribution in [0.1, 0.15) is 6.92 Å². The summed E-state index contributed by atoms with van der Waals surface area (Å²) in [5, 5.41) is 13.8. The zero-order valence-corrected chi connectivity index (χ0v) is 12.3.